The summed E-state index contributed by atoms with van der Waals surface area (Å²) in [6, 6.07) is 3.25. The molecule has 6 heteroatoms. The number of carbonyl (C=O) groups is 1. The molecule has 0 saturated carbocycles. The molecular formula is C14H16F3NO2. The highest BCUT2D eigenvalue weighted by Crippen LogP contribution is 2.39. The molecule has 1 fully saturated rings. The lowest BCUT2D eigenvalue weighted by atomic mass is 9.99. The molecule has 0 spiro atoms. The van der Waals surface area contributed by atoms with Crippen LogP contribution in [-0.4, -0.2) is 23.7 Å². The first-order valence-corrected chi connectivity index (χ1v) is 6.52. The summed E-state index contributed by atoms with van der Waals surface area (Å²) in [5.74, 6) is -1.35. The molecule has 0 aliphatic carbocycles. The molecule has 3 nitrogen and oxygen atoms in total. The van der Waals surface area contributed by atoms with Gasteiger partial charge in [0.1, 0.15) is 0 Å². The van der Waals surface area contributed by atoms with Gasteiger partial charge in [-0.25, -0.2) is 4.79 Å². The third-order valence-corrected chi connectivity index (χ3v) is 3.66. The molecule has 1 saturated heterocycles. The minimum atomic E-state index is -4.56. The molecular weight excluding hydrogens is 271 g/mol. The van der Waals surface area contributed by atoms with E-state index in [-0.39, 0.29) is 17.3 Å². The van der Waals surface area contributed by atoms with Crippen LogP contribution in [0.15, 0.2) is 18.2 Å². The van der Waals surface area contributed by atoms with Crippen LogP contribution >= 0.6 is 0 Å². The van der Waals surface area contributed by atoms with Gasteiger partial charge in [-0.1, -0.05) is 0 Å². The number of carboxylic acid groups (broad SMARTS) is 1. The van der Waals surface area contributed by atoms with Gasteiger partial charge < -0.3 is 10.0 Å². The summed E-state index contributed by atoms with van der Waals surface area (Å²) in [5.41, 5.74) is -1.13. The van der Waals surface area contributed by atoms with Gasteiger partial charge in [0.25, 0.3) is 0 Å². The predicted molar refractivity (Wildman–Crippen MR) is 69.1 cm³/mol. The molecule has 0 radical (unpaired) electrons. The lowest BCUT2D eigenvalue weighted by Gasteiger charge is -2.37. The maximum Gasteiger partial charge on any atom is 0.418 e. The van der Waals surface area contributed by atoms with E-state index in [4.69, 9.17) is 5.11 Å². The van der Waals surface area contributed by atoms with Crippen LogP contribution in [-0.2, 0) is 6.18 Å². The summed E-state index contributed by atoms with van der Waals surface area (Å²) in [7, 11) is 0. The zero-order chi connectivity index (χ0) is 14.9. The third-order valence-electron chi connectivity index (χ3n) is 3.66. The fourth-order valence-corrected chi connectivity index (χ4v) is 2.60. The first-order valence-electron chi connectivity index (χ1n) is 6.52. The van der Waals surface area contributed by atoms with E-state index >= 15 is 0 Å². The summed E-state index contributed by atoms with van der Waals surface area (Å²) in [6.07, 6.45) is -1.86. The van der Waals surface area contributed by atoms with Crippen LogP contribution in [0.5, 0.6) is 0 Å². The van der Waals surface area contributed by atoms with Crippen molar-refractivity contribution in [2.75, 3.05) is 11.4 Å². The van der Waals surface area contributed by atoms with Gasteiger partial charge in [0, 0.05) is 18.3 Å². The van der Waals surface area contributed by atoms with Crippen LogP contribution in [0.1, 0.15) is 42.1 Å². The third kappa shape index (κ3) is 2.89. The molecule has 1 aromatic carbocycles. The van der Waals surface area contributed by atoms with Crippen molar-refractivity contribution in [1.82, 2.24) is 0 Å². The number of nitrogens with zero attached hydrogens (tertiary/aromatic N) is 1. The number of benzene rings is 1. The van der Waals surface area contributed by atoms with Crippen LogP contribution in [0.4, 0.5) is 18.9 Å². The lowest BCUT2D eigenvalue weighted by Crippen LogP contribution is -2.38. The molecule has 1 aliphatic rings. The molecule has 0 amide bonds. The molecule has 2 rings (SSSR count). The van der Waals surface area contributed by atoms with Crippen molar-refractivity contribution in [2.45, 2.75) is 38.4 Å². The maximum atomic E-state index is 13.2. The van der Waals surface area contributed by atoms with Crippen LogP contribution in [0.3, 0.4) is 0 Å². The quantitative estimate of drug-likeness (QED) is 0.899. The zero-order valence-corrected chi connectivity index (χ0v) is 11.1. The largest absolute Gasteiger partial charge is 0.478 e. The Morgan fingerprint density at radius 1 is 1.35 bits per heavy atom. The Morgan fingerprint density at radius 3 is 2.60 bits per heavy atom. The number of piperidine rings is 1. The highest BCUT2D eigenvalue weighted by Gasteiger charge is 2.36. The molecule has 1 atom stereocenters. The second kappa shape index (κ2) is 5.34. The van der Waals surface area contributed by atoms with Crippen LogP contribution in [0, 0.1) is 0 Å². The Morgan fingerprint density at radius 2 is 2.05 bits per heavy atom. The van der Waals surface area contributed by atoms with Gasteiger partial charge in [0.2, 0.25) is 0 Å². The van der Waals surface area contributed by atoms with E-state index in [0.29, 0.717) is 6.54 Å². The van der Waals surface area contributed by atoms with Crippen molar-refractivity contribution in [2.24, 2.45) is 0 Å². The summed E-state index contributed by atoms with van der Waals surface area (Å²) in [5, 5.41) is 8.85. The highest BCUT2D eigenvalue weighted by molar-refractivity contribution is 5.88. The van der Waals surface area contributed by atoms with Gasteiger partial charge in [0.05, 0.1) is 11.1 Å². The normalized spacial score (nSPS) is 20.0. The number of alkyl halides is 3. The number of hydrogen-bond donors (Lipinski definition) is 1. The first kappa shape index (κ1) is 14.7. The van der Waals surface area contributed by atoms with E-state index in [1.807, 2.05) is 6.92 Å². The highest BCUT2D eigenvalue weighted by atomic mass is 19.4. The lowest BCUT2D eigenvalue weighted by molar-refractivity contribution is -0.137. The molecule has 1 aliphatic heterocycles. The van der Waals surface area contributed by atoms with E-state index in [1.54, 1.807) is 4.90 Å². The first-order chi connectivity index (χ1) is 9.30. The molecule has 1 heterocycles. The number of halogens is 3. The second-order valence-electron chi connectivity index (χ2n) is 5.07. The van der Waals surface area contributed by atoms with Gasteiger partial charge in [-0.3, -0.25) is 0 Å². The summed E-state index contributed by atoms with van der Waals surface area (Å²) >= 11 is 0. The smallest absolute Gasteiger partial charge is 0.418 e. The molecule has 0 aromatic heterocycles. The van der Waals surface area contributed by atoms with Gasteiger partial charge in [-0.15, -0.1) is 0 Å². The van der Waals surface area contributed by atoms with Gasteiger partial charge in [-0.2, -0.15) is 13.2 Å². The topological polar surface area (TPSA) is 40.5 Å². The van der Waals surface area contributed by atoms with Gasteiger partial charge in [0.15, 0.2) is 0 Å². The van der Waals surface area contributed by atoms with Crippen molar-refractivity contribution in [3.8, 4) is 0 Å². The Bertz CT molecular complexity index is 514. The number of rotatable bonds is 2. The fraction of sp³-hybridized carbons (Fsp3) is 0.500. The molecule has 20 heavy (non-hydrogen) atoms. The summed E-state index contributed by atoms with van der Waals surface area (Å²) < 4.78 is 39.5. The zero-order valence-electron chi connectivity index (χ0n) is 11.1. The standard InChI is InChI=1S/C14H16F3NO2/c1-9-4-2-3-7-18(9)12-6-5-10(13(19)20)8-11(12)14(15,16)17/h5-6,8-9H,2-4,7H2,1H3,(H,19,20)/t9-/m1/s1. The van der Waals surface area contributed by atoms with E-state index in [2.05, 4.69) is 0 Å². The molecule has 1 N–H and O–H groups in total. The van der Waals surface area contributed by atoms with E-state index in [1.165, 1.54) is 12.1 Å². The predicted octanol–water partition coefficient (Wildman–Crippen LogP) is 3.78. The number of carboxylic acids is 1. The minimum absolute atomic E-state index is 0.0283. The number of hydrogen-bond acceptors (Lipinski definition) is 2. The van der Waals surface area contributed by atoms with Crippen molar-refractivity contribution < 1.29 is 23.1 Å². The molecule has 110 valence electrons. The average Bonchev–Trinajstić information content (AvgIpc) is 2.37. The summed E-state index contributed by atoms with van der Waals surface area (Å²) in [4.78, 5) is 12.6. The number of anilines is 1. The Labute approximate surface area is 115 Å². The van der Waals surface area contributed by atoms with Crippen molar-refractivity contribution >= 4 is 11.7 Å². The SMILES string of the molecule is C[C@@H]1CCCCN1c1ccc(C(=O)O)cc1C(F)(F)F. The molecule has 0 bridgehead atoms. The van der Waals surface area contributed by atoms with Gasteiger partial charge in [-0.05, 0) is 44.4 Å². The van der Waals surface area contributed by atoms with Crippen LogP contribution in [0.2, 0.25) is 0 Å². The monoisotopic (exact) mass is 287 g/mol. The van der Waals surface area contributed by atoms with Crippen LogP contribution in [0.25, 0.3) is 0 Å². The molecule has 1 aromatic rings. The van der Waals surface area contributed by atoms with E-state index in [9.17, 15) is 18.0 Å². The minimum Gasteiger partial charge on any atom is -0.478 e. The Kier molecular flexibility index (Phi) is 3.92. The van der Waals surface area contributed by atoms with Crippen molar-refractivity contribution in [3.63, 3.8) is 0 Å². The Balaban J connectivity index is 2.49. The maximum absolute atomic E-state index is 13.2. The fourth-order valence-electron chi connectivity index (χ4n) is 2.60. The Hall–Kier alpha value is -1.72. The van der Waals surface area contributed by atoms with Crippen molar-refractivity contribution in [3.05, 3.63) is 29.3 Å². The van der Waals surface area contributed by atoms with Crippen molar-refractivity contribution in [1.29, 1.82) is 0 Å². The number of aromatic carboxylic acids is 1. The van der Waals surface area contributed by atoms with E-state index < -0.39 is 17.7 Å². The summed E-state index contributed by atoms with van der Waals surface area (Å²) in [6.45, 7) is 2.46. The van der Waals surface area contributed by atoms with Crippen LogP contribution < -0.4 is 4.90 Å². The second-order valence-corrected chi connectivity index (χ2v) is 5.07. The average molecular weight is 287 g/mol. The van der Waals surface area contributed by atoms with Gasteiger partial charge >= 0.3 is 12.1 Å². The molecule has 0 unspecified atom stereocenters. The van der Waals surface area contributed by atoms with E-state index in [0.717, 1.165) is 25.3 Å².